The van der Waals surface area contributed by atoms with Gasteiger partial charge in [0.25, 0.3) is 5.91 Å². The summed E-state index contributed by atoms with van der Waals surface area (Å²) in [5.74, 6) is -2.47. The Labute approximate surface area is 261 Å². The Hall–Kier alpha value is -3.00. The number of carbonyl (C=O) groups excluding carboxylic acids is 5. The zero-order chi connectivity index (χ0) is 33.2. The van der Waals surface area contributed by atoms with E-state index in [1.807, 2.05) is 33.8 Å². The fourth-order valence-corrected chi connectivity index (χ4v) is 7.17. The van der Waals surface area contributed by atoms with Gasteiger partial charge in [-0.2, -0.15) is 4.31 Å². The standard InChI is InChI=1S/C30H50N6O7S/c1-9-12-20(23(37)26(39)31-10-2)32-25(38)22-19-15-18(19)16-36(22)27(40)24(30(6,7)8)34-28(41)33-21(29(3,4)5)17-35-13-11-14-44(35,42)43/h15,18,20-22,24H,9-14,16-17H2,1-8H3,(H,31,39)(H,32,38)(H2,33,34,41)/t18-,20?,21+,22-,24+/m0/s1. The Kier molecular flexibility index (Phi) is 10.9. The Morgan fingerprint density at radius 1 is 0.977 bits per heavy atom. The van der Waals surface area contributed by atoms with Gasteiger partial charge in [-0.1, -0.05) is 61.0 Å². The molecule has 248 valence electrons. The van der Waals surface area contributed by atoms with Crippen molar-refractivity contribution in [2.24, 2.45) is 16.7 Å². The quantitative estimate of drug-likeness (QED) is 0.182. The number of hydrogen-bond donors (Lipinski definition) is 4. The van der Waals surface area contributed by atoms with Crippen LogP contribution in [0.25, 0.3) is 0 Å². The average Bonchev–Trinajstić information content (AvgIpc) is 3.43. The van der Waals surface area contributed by atoms with E-state index >= 15 is 0 Å². The van der Waals surface area contributed by atoms with Crippen molar-refractivity contribution in [3.63, 3.8) is 0 Å². The number of ketones is 1. The molecule has 2 aliphatic heterocycles. The summed E-state index contributed by atoms with van der Waals surface area (Å²) in [6.07, 6.45) is 3.26. The Morgan fingerprint density at radius 2 is 1.64 bits per heavy atom. The summed E-state index contributed by atoms with van der Waals surface area (Å²) >= 11 is 0. The van der Waals surface area contributed by atoms with Crippen molar-refractivity contribution in [3.05, 3.63) is 11.6 Å². The van der Waals surface area contributed by atoms with Crippen LogP contribution in [-0.2, 0) is 29.2 Å². The number of nitrogens with zero attached hydrogens (tertiary/aromatic N) is 2. The zero-order valence-corrected chi connectivity index (χ0v) is 28.1. The molecule has 0 spiro atoms. The van der Waals surface area contributed by atoms with Crippen LogP contribution in [0.2, 0.25) is 0 Å². The molecule has 2 saturated heterocycles. The number of Topliss-reactive ketones (excluding diaryl/α,β-unsaturated/α-hetero) is 1. The molecule has 1 aliphatic carbocycles. The summed E-state index contributed by atoms with van der Waals surface area (Å²) in [6, 6.07) is -4.14. The lowest BCUT2D eigenvalue weighted by molar-refractivity contribution is -0.143. The number of likely N-dealkylation sites (tertiary alicyclic amines) is 1. The van der Waals surface area contributed by atoms with Gasteiger partial charge in [-0.05, 0) is 36.2 Å². The lowest BCUT2D eigenvalue weighted by Gasteiger charge is -2.38. The monoisotopic (exact) mass is 638 g/mol. The van der Waals surface area contributed by atoms with Gasteiger partial charge in [0.2, 0.25) is 27.6 Å². The fourth-order valence-electron chi connectivity index (χ4n) is 5.64. The van der Waals surface area contributed by atoms with E-state index in [0.717, 1.165) is 5.57 Å². The van der Waals surface area contributed by atoms with Crippen LogP contribution in [0.3, 0.4) is 0 Å². The minimum atomic E-state index is -3.38. The maximum absolute atomic E-state index is 14.1. The highest BCUT2D eigenvalue weighted by Crippen LogP contribution is 2.43. The summed E-state index contributed by atoms with van der Waals surface area (Å²) in [6.45, 7) is 15.7. The Balaban J connectivity index is 1.76. The molecule has 2 fully saturated rings. The summed E-state index contributed by atoms with van der Waals surface area (Å²) in [5, 5.41) is 10.9. The molecule has 5 atom stereocenters. The van der Waals surface area contributed by atoms with Gasteiger partial charge in [-0.3, -0.25) is 19.2 Å². The number of urea groups is 1. The lowest BCUT2D eigenvalue weighted by atomic mass is 9.85. The number of hydrogen-bond acceptors (Lipinski definition) is 7. The predicted octanol–water partition coefficient (Wildman–Crippen LogP) is 0.908. The smallest absolute Gasteiger partial charge is 0.315 e. The molecule has 1 unspecified atom stereocenters. The molecular weight excluding hydrogens is 588 g/mol. The van der Waals surface area contributed by atoms with Crippen molar-refractivity contribution in [3.8, 4) is 0 Å². The highest BCUT2D eigenvalue weighted by Gasteiger charge is 2.52. The number of fused-ring (bicyclic) bond motifs is 1. The number of rotatable bonds is 12. The third kappa shape index (κ3) is 8.38. The zero-order valence-electron chi connectivity index (χ0n) is 27.3. The van der Waals surface area contributed by atoms with Gasteiger partial charge >= 0.3 is 6.03 Å². The molecule has 0 aromatic heterocycles. The Morgan fingerprint density at radius 3 is 2.16 bits per heavy atom. The first kappa shape index (κ1) is 35.5. The normalized spacial score (nSPS) is 23.1. The van der Waals surface area contributed by atoms with E-state index in [-0.39, 0.29) is 37.7 Å². The molecule has 44 heavy (non-hydrogen) atoms. The highest BCUT2D eigenvalue weighted by atomic mass is 32.2. The van der Waals surface area contributed by atoms with Gasteiger partial charge in [0.05, 0.1) is 11.8 Å². The van der Waals surface area contributed by atoms with Crippen molar-refractivity contribution >= 4 is 39.6 Å². The molecular formula is C30H50N6O7S. The number of amides is 5. The van der Waals surface area contributed by atoms with E-state index in [1.54, 1.807) is 27.7 Å². The largest absolute Gasteiger partial charge is 0.350 e. The van der Waals surface area contributed by atoms with E-state index in [9.17, 15) is 32.4 Å². The van der Waals surface area contributed by atoms with Gasteiger partial charge in [0, 0.05) is 38.1 Å². The third-order valence-electron chi connectivity index (χ3n) is 8.36. The van der Waals surface area contributed by atoms with E-state index < -0.39 is 74.6 Å². The molecule has 2 heterocycles. The van der Waals surface area contributed by atoms with Crippen molar-refractivity contribution in [2.75, 3.05) is 31.9 Å². The molecule has 14 heteroatoms. The maximum Gasteiger partial charge on any atom is 0.315 e. The molecule has 13 nitrogen and oxygen atoms in total. The van der Waals surface area contributed by atoms with Crippen LogP contribution in [0.5, 0.6) is 0 Å². The minimum absolute atomic E-state index is 0.0551. The second-order valence-electron chi connectivity index (χ2n) is 14.1. The molecule has 0 radical (unpaired) electrons. The SMILES string of the molecule is CCCC(NC(=O)[C@@H]1C2=C[C@H]2CN1C(=O)[C@@H](NC(=O)N[C@H](CN1CCCS1(=O)=O)C(C)(C)C)C(C)(C)C)C(=O)C(=O)NCC. The van der Waals surface area contributed by atoms with Gasteiger partial charge in [0.1, 0.15) is 12.1 Å². The van der Waals surface area contributed by atoms with Crippen LogP contribution in [-0.4, -0.2) is 103 Å². The van der Waals surface area contributed by atoms with Crippen LogP contribution >= 0.6 is 0 Å². The average molecular weight is 639 g/mol. The topological polar surface area (TPSA) is 174 Å². The molecule has 0 aromatic carbocycles. The number of nitrogens with one attached hydrogen (secondary N) is 4. The van der Waals surface area contributed by atoms with Crippen molar-refractivity contribution < 1.29 is 32.4 Å². The van der Waals surface area contributed by atoms with Crippen LogP contribution in [0.1, 0.15) is 74.7 Å². The molecule has 0 aromatic rings. The first-order valence-corrected chi connectivity index (χ1v) is 17.1. The van der Waals surface area contributed by atoms with Crippen molar-refractivity contribution in [1.29, 1.82) is 0 Å². The first-order valence-electron chi connectivity index (χ1n) is 15.5. The van der Waals surface area contributed by atoms with E-state index in [0.29, 0.717) is 19.4 Å². The molecule has 3 rings (SSSR count). The van der Waals surface area contributed by atoms with E-state index in [4.69, 9.17) is 0 Å². The van der Waals surface area contributed by atoms with E-state index in [1.165, 1.54) is 9.21 Å². The molecule has 5 amide bonds. The highest BCUT2D eigenvalue weighted by molar-refractivity contribution is 7.89. The second kappa shape index (κ2) is 13.6. The summed E-state index contributed by atoms with van der Waals surface area (Å²) in [7, 11) is -3.38. The van der Waals surface area contributed by atoms with Crippen LogP contribution < -0.4 is 21.3 Å². The lowest BCUT2D eigenvalue weighted by Crippen LogP contribution is -2.62. The molecule has 0 saturated carbocycles. The van der Waals surface area contributed by atoms with Crippen molar-refractivity contribution in [2.45, 2.75) is 98.8 Å². The third-order valence-corrected chi connectivity index (χ3v) is 10.3. The van der Waals surface area contributed by atoms with Gasteiger partial charge in [-0.15, -0.1) is 0 Å². The molecule has 0 bridgehead atoms. The molecule has 4 N–H and O–H groups in total. The predicted molar refractivity (Wildman–Crippen MR) is 166 cm³/mol. The van der Waals surface area contributed by atoms with Gasteiger partial charge < -0.3 is 26.2 Å². The Bertz CT molecular complexity index is 1280. The number of sulfonamides is 1. The van der Waals surface area contributed by atoms with Gasteiger partial charge in [0.15, 0.2) is 0 Å². The molecule has 3 aliphatic rings. The maximum atomic E-state index is 14.1. The fraction of sp³-hybridized carbons (Fsp3) is 0.767. The van der Waals surface area contributed by atoms with Gasteiger partial charge in [-0.25, -0.2) is 13.2 Å². The summed E-state index contributed by atoms with van der Waals surface area (Å²) in [4.78, 5) is 67.4. The first-order chi connectivity index (χ1) is 20.3. The summed E-state index contributed by atoms with van der Waals surface area (Å²) in [5.41, 5.74) is -0.456. The number of carbonyl (C=O) groups is 5. The minimum Gasteiger partial charge on any atom is -0.350 e. The van der Waals surface area contributed by atoms with Crippen LogP contribution in [0.15, 0.2) is 11.6 Å². The second-order valence-corrected chi connectivity index (χ2v) is 16.2. The van der Waals surface area contributed by atoms with Crippen LogP contribution in [0.4, 0.5) is 4.79 Å². The van der Waals surface area contributed by atoms with Crippen LogP contribution in [0, 0.1) is 16.7 Å². The number of likely N-dealkylation sites (N-methyl/N-ethyl adjacent to an activating group) is 1. The van der Waals surface area contributed by atoms with E-state index in [2.05, 4.69) is 21.3 Å². The summed E-state index contributed by atoms with van der Waals surface area (Å²) < 4.78 is 26.3. The van der Waals surface area contributed by atoms with Crippen molar-refractivity contribution in [1.82, 2.24) is 30.5 Å².